The number of pyridine rings is 1. The lowest BCUT2D eigenvalue weighted by atomic mass is 10.0. The van der Waals surface area contributed by atoms with Crippen LogP contribution in [-0.4, -0.2) is 10.1 Å². The Morgan fingerprint density at radius 3 is 2.61 bits per heavy atom. The van der Waals surface area contributed by atoms with Crippen LogP contribution < -0.4 is 0 Å². The Bertz CT molecular complexity index is 784. The van der Waals surface area contributed by atoms with Gasteiger partial charge in [0.25, 0.3) is 0 Å². The molecule has 0 aliphatic rings. The average Bonchev–Trinajstić information content (AvgIpc) is 2.33. The number of aromatic hydroxyl groups is 1. The molecule has 0 bridgehead atoms. The Morgan fingerprint density at radius 1 is 1.06 bits per heavy atom. The number of hydrogen-bond acceptors (Lipinski definition) is 2. The van der Waals surface area contributed by atoms with Crippen molar-refractivity contribution in [2.45, 2.75) is 6.92 Å². The van der Waals surface area contributed by atoms with Crippen LogP contribution in [0.1, 0.15) is 5.56 Å². The van der Waals surface area contributed by atoms with Gasteiger partial charge in [-0.1, -0.05) is 23.2 Å². The Hall–Kier alpha value is -1.51. The highest BCUT2D eigenvalue weighted by atomic mass is 35.5. The largest absolute Gasteiger partial charge is 0.508 e. The summed E-state index contributed by atoms with van der Waals surface area (Å²) in [5.74, 6) is 0.261. The van der Waals surface area contributed by atoms with Gasteiger partial charge in [-0.25, -0.2) is 0 Å². The second-order valence-corrected chi connectivity index (χ2v) is 5.06. The molecular formula is C14H9Cl2NO. The maximum Gasteiger partial charge on any atom is 0.119 e. The summed E-state index contributed by atoms with van der Waals surface area (Å²) >= 11 is 12.2. The lowest BCUT2D eigenvalue weighted by molar-refractivity contribution is 0.472. The van der Waals surface area contributed by atoms with Crippen LogP contribution in [0.2, 0.25) is 10.0 Å². The molecule has 0 fully saturated rings. The Labute approximate surface area is 114 Å². The lowest BCUT2D eigenvalue weighted by Gasteiger charge is -2.08. The van der Waals surface area contributed by atoms with E-state index in [1.807, 2.05) is 19.1 Å². The third-order valence-electron chi connectivity index (χ3n) is 3.13. The van der Waals surface area contributed by atoms with Gasteiger partial charge in [0, 0.05) is 27.6 Å². The van der Waals surface area contributed by atoms with Gasteiger partial charge in [-0.05, 0) is 36.6 Å². The van der Waals surface area contributed by atoms with E-state index in [2.05, 4.69) is 4.98 Å². The van der Waals surface area contributed by atoms with Gasteiger partial charge in [-0.15, -0.1) is 0 Å². The van der Waals surface area contributed by atoms with Crippen molar-refractivity contribution < 1.29 is 5.11 Å². The number of nitrogens with zero attached hydrogens (tertiary/aromatic N) is 1. The summed E-state index contributed by atoms with van der Waals surface area (Å²) in [6.07, 6.45) is 1.73. The van der Waals surface area contributed by atoms with E-state index in [1.54, 1.807) is 18.3 Å². The van der Waals surface area contributed by atoms with Crippen LogP contribution in [0.4, 0.5) is 0 Å². The molecule has 0 saturated heterocycles. The minimum absolute atomic E-state index is 0.261. The molecule has 2 nitrogen and oxygen atoms in total. The zero-order chi connectivity index (χ0) is 12.9. The maximum atomic E-state index is 9.72. The summed E-state index contributed by atoms with van der Waals surface area (Å²) in [6.45, 7) is 1.86. The first-order valence-electron chi connectivity index (χ1n) is 5.44. The molecule has 0 aliphatic heterocycles. The van der Waals surface area contributed by atoms with Crippen LogP contribution in [-0.2, 0) is 0 Å². The molecule has 1 aromatic heterocycles. The molecule has 0 aliphatic carbocycles. The van der Waals surface area contributed by atoms with Crippen molar-refractivity contribution in [1.29, 1.82) is 0 Å². The van der Waals surface area contributed by atoms with Crippen molar-refractivity contribution in [3.8, 4) is 5.75 Å². The van der Waals surface area contributed by atoms with Gasteiger partial charge >= 0.3 is 0 Å². The fraction of sp³-hybridized carbons (Fsp3) is 0.0714. The van der Waals surface area contributed by atoms with Crippen molar-refractivity contribution in [2.24, 2.45) is 0 Å². The number of aryl methyl sites for hydroxylation is 1. The molecular weight excluding hydrogens is 269 g/mol. The van der Waals surface area contributed by atoms with E-state index in [0.717, 1.165) is 27.2 Å². The normalized spacial score (nSPS) is 11.3. The Morgan fingerprint density at radius 2 is 1.83 bits per heavy atom. The van der Waals surface area contributed by atoms with E-state index >= 15 is 0 Å². The summed E-state index contributed by atoms with van der Waals surface area (Å²) in [5, 5.41) is 13.6. The molecule has 18 heavy (non-hydrogen) atoms. The highest BCUT2D eigenvalue weighted by molar-refractivity contribution is 6.39. The zero-order valence-corrected chi connectivity index (χ0v) is 11.0. The fourth-order valence-electron chi connectivity index (χ4n) is 2.15. The molecule has 0 unspecified atom stereocenters. The highest BCUT2D eigenvalue weighted by Gasteiger charge is 2.09. The summed E-state index contributed by atoms with van der Waals surface area (Å²) < 4.78 is 0. The monoisotopic (exact) mass is 277 g/mol. The zero-order valence-electron chi connectivity index (χ0n) is 9.54. The summed E-state index contributed by atoms with van der Waals surface area (Å²) in [7, 11) is 0. The van der Waals surface area contributed by atoms with Crippen LogP contribution in [0, 0.1) is 6.92 Å². The molecule has 1 heterocycles. The number of aromatic nitrogens is 1. The second kappa shape index (κ2) is 4.01. The SMILES string of the molecule is Cc1c(O)ccc2c1cnc1c(Cl)cc(Cl)cc12. The first kappa shape index (κ1) is 11.6. The van der Waals surface area contributed by atoms with E-state index in [-0.39, 0.29) is 5.75 Å². The van der Waals surface area contributed by atoms with Gasteiger partial charge in [0.1, 0.15) is 5.75 Å². The molecule has 0 amide bonds. The molecule has 0 radical (unpaired) electrons. The van der Waals surface area contributed by atoms with Gasteiger partial charge in [-0.2, -0.15) is 0 Å². The topological polar surface area (TPSA) is 33.1 Å². The van der Waals surface area contributed by atoms with Crippen molar-refractivity contribution in [3.63, 3.8) is 0 Å². The molecule has 3 rings (SSSR count). The predicted octanol–water partition coefficient (Wildman–Crippen LogP) is 4.71. The molecule has 0 saturated carbocycles. The van der Waals surface area contributed by atoms with Crippen LogP contribution in [0.5, 0.6) is 5.75 Å². The van der Waals surface area contributed by atoms with E-state index in [9.17, 15) is 5.11 Å². The molecule has 2 aromatic carbocycles. The van der Waals surface area contributed by atoms with Crippen LogP contribution >= 0.6 is 23.2 Å². The smallest absolute Gasteiger partial charge is 0.119 e. The summed E-state index contributed by atoms with van der Waals surface area (Å²) in [5.41, 5.74) is 1.52. The molecule has 0 spiro atoms. The molecule has 1 N–H and O–H groups in total. The molecule has 4 heteroatoms. The van der Waals surface area contributed by atoms with Gasteiger partial charge in [0.2, 0.25) is 0 Å². The number of fused-ring (bicyclic) bond motifs is 3. The summed E-state index contributed by atoms with van der Waals surface area (Å²) in [6, 6.07) is 7.05. The quantitative estimate of drug-likeness (QED) is 0.604. The second-order valence-electron chi connectivity index (χ2n) is 4.21. The van der Waals surface area contributed by atoms with E-state index in [4.69, 9.17) is 23.2 Å². The van der Waals surface area contributed by atoms with Crippen LogP contribution in [0.3, 0.4) is 0 Å². The minimum atomic E-state index is 0.261. The van der Waals surface area contributed by atoms with E-state index < -0.39 is 0 Å². The number of hydrogen-bond donors (Lipinski definition) is 1. The first-order chi connectivity index (χ1) is 8.58. The lowest BCUT2D eigenvalue weighted by Crippen LogP contribution is -1.86. The first-order valence-corrected chi connectivity index (χ1v) is 6.19. The number of rotatable bonds is 0. The number of halogens is 2. The number of phenolic OH excluding ortho intramolecular Hbond substituents is 1. The standard InChI is InChI=1S/C14H9Cl2NO/c1-7-11-6-17-14-10(4-8(15)5-12(14)16)9(11)2-3-13(7)18/h2-6,18H,1H3. The van der Waals surface area contributed by atoms with Crippen LogP contribution in [0.25, 0.3) is 21.7 Å². The number of phenols is 1. The van der Waals surface area contributed by atoms with Gasteiger partial charge in [-0.3, -0.25) is 4.98 Å². The maximum absolute atomic E-state index is 9.72. The van der Waals surface area contributed by atoms with Crippen LogP contribution in [0.15, 0.2) is 30.5 Å². The minimum Gasteiger partial charge on any atom is -0.508 e. The Kier molecular flexibility index (Phi) is 2.58. The van der Waals surface area contributed by atoms with E-state index in [0.29, 0.717) is 10.0 Å². The van der Waals surface area contributed by atoms with Gasteiger partial charge in [0.05, 0.1) is 10.5 Å². The Balaban J connectivity index is 2.58. The highest BCUT2D eigenvalue weighted by Crippen LogP contribution is 2.34. The molecule has 90 valence electrons. The number of benzene rings is 2. The van der Waals surface area contributed by atoms with Gasteiger partial charge in [0.15, 0.2) is 0 Å². The molecule has 3 aromatic rings. The summed E-state index contributed by atoms with van der Waals surface area (Å²) in [4.78, 5) is 4.35. The third-order valence-corrected chi connectivity index (χ3v) is 3.63. The average molecular weight is 278 g/mol. The van der Waals surface area contributed by atoms with Crippen molar-refractivity contribution in [1.82, 2.24) is 4.98 Å². The van der Waals surface area contributed by atoms with Crippen molar-refractivity contribution >= 4 is 44.9 Å². The fourth-order valence-corrected chi connectivity index (χ4v) is 2.69. The van der Waals surface area contributed by atoms with Crippen molar-refractivity contribution in [2.75, 3.05) is 0 Å². The van der Waals surface area contributed by atoms with Crippen molar-refractivity contribution in [3.05, 3.63) is 46.1 Å². The van der Waals surface area contributed by atoms with Gasteiger partial charge < -0.3 is 5.11 Å². The third kappa shape index (κ3) is 1.61. The van der Waals surface area contributed by atoms with E-state index in [1.165, 1.54) is 0 Å². The molecule has 0 atom stereocenters. The predicted molar refractivity (Wildman–Crippen MR) is 75.7 cm³/mol.